The second kappa shape index (κ2) is 22.5. The van der Waals surface area contributed by atoms with Gasteiger partial charge in [-0.1, -0.05) is 96.5 Å². The molecule has 0 spiro atoms. The summed E-state index contributed by atoms with van der Waals surface area (Å²) in [7, 11) is 0. The van der Waals surface area contributed by atoms with E-state index in [2.05, 4.69) is 13.5 Å². The predicted octanol–water partition coefficient (Wildman–Crippen LogP) is 7.13. The fourth-order valence-corrected chi connectivity index (χ4v) is 2.48. The Bertz CT molecular complexity index is 220. The van der Waals surface area contributed by atoms with Gasteiger partial charge in [0.25, 0.3) is 5.97 Å². The van der Waals surface area contributed by atoms with Gasteiger partial charge in [-0.15, -0.1) is 6.58 Å². The number of hydrogen-bond donors (Lipinski definition) is 1. The molecule has 0 aliphatic rings. The molecule has 0 aromatic heterocycles. The number of allylic oxidation sites excluding steroid dienone is 1. The molecular weight excluding hydrogens is 272 g/mol. The molecule has 132 valence electrons. The van der Waals surface area contributed by atoms with E-state index >= 15 is 0 Å². The van der Waals surface area contributed by atoms with Gasteiger partial charge >= 0.3 is 0 Å². The standard InChI is InChI=1S/C18H36.C2H4O2/c1-3-5-7-9-11-13-15-17-18-16-14-12-10-8-6-4-2;1-2(3)4/h3H,1,4-18H2,2H3;1H3,(H,3,4). The van der Waals surface area contributed by atoms with Gasteiger partial charge < -0.3 is 5.11 Å². The van der Waals surface area contributed by atoms with Gasteiger partial charge in [0.1, 0.15) is 0 Å². The van der Waals surface area contributed by atoms with E-state index in [0.29, 0.717) is 0 Å². The molecule has 0 saturated carbocycles. The molecule has 22 heavy (non-hydrogen) atoms. The lowest BCUT2D eigenvalue weighted by Crippen LogP contribution is -1.83. The molecule has 1 N–H and O–H groups in total. The van der Waals surface area contributed by atoms with Crippen molar-refractivity contribution in [3.63, 3.8) is 0 Å². The fraction of sp³-hybridized carbons (Fsp3) is 0.850. The van der Waals surface area contributed by atoms with Crippen molar-refractivity contribution in [2.75, 3.05) is 0 Å². The summed E-state index contributed by atoms with van der Waals surface area (Å²) in [5, 5.41) is 7.42. The molecule has 0 atom stereocenters. The van der Waals surface area contributed by atoms with Gasteiger partial charge in [0.15, 0.2) is 0 Å². The quantitative estimate of drug-likeness (QED) is 0.258. The minimum Gasteiger partial charge on any atom is -0.481 e. The molecule has 2 nitrogen and oxygen atoms in total. The minimum absolute atomic E-state index is 0.833. The van der Waals surface area contributed by atoms with Crippen LogP contribution in [-0.2, 0) is 4.79 Å². The summed E-state index contributed by atoms with van der Waals surface area (Å²) >= 11 is 0. The Kier molecular flexibility index (Phi) is 24.0. The number of unbranched alkanes of at least 4 members (excludes halogenated alkanes) is 14. The number of carboxylic acid groups (broad SMARTS) is 1. The van der Waals surface area contributed by atoms with Crippen molar-refractivity contribution in [3.8, 4) is 0 Å². The lowest BCUT2D eigenvalue weighted by molar-refractivity contribution is -0.134. The van der Waals surface area contributed by atoms with E-state index in [1.165, 1.54) is 96.3 Å². The summed E-state index contributed by atoms with van der Waals surface area (Å²) in [6.45, 7) is 7.13. The highest BCUT2D eigenvalue weighted by molar-refractivity contribution is 5.62. The summed E-state index contributed by atoms with van der Waals surface area (Å²) in [5.74, 6) is -0.833. The maximum atomic E-state index is 9.00. The van der Waals surface area contributed by atoms with E-state index in [1.807, 2.05) is 6.08 Å². The van der Waals surface area contributed by atoms with Gasteiger partial charge in [-0.3, -0.25) is 4.79 Å². The Morgan fingerprint density at radius 3 is 1.32 bits per heavy atom. The van der Waals surface area contributed by atoms with Crippen LogP contribution in [0.15, 0.2) is 12.7 Å². The summed E-state index contributed by atoms with van der Waals surface area (Å²) in [6.07, 6.45) is 23.5. The van der Waals surface area contributed by atoms with Crippen molar-refractivity contribution in [1.82, 2.24) is 0 Å². The van der Waals surface area contributed by atoms with Crippen molar-refractivity contribution in [2.45, 2.75) is 110 Å². The average Bonchev–Trinajstić information content (AvgIpc) is 2.47. The summed E-state index contributed by atoms with van der Waals surface area (Å²) in [6, 6.07) is 0. The van der Waals surface area contributed by atoms with Crippen molar-refractivity contribution >= 4 is 5.97 Å². The molecule has 0 radical (unpaired) electrons. The minimum atomic E-state index is -0.833. The first-order valence-corrected chi connectivity index (χ1v) is 9.45. The Balaban J connectivity index is 0. The monoisotopic (exact) mass is 312 g/mol. The van der Waals surface area contributed by atoms with Crippen LogP contribution in [0.4, 0.5) is 0 Å². The van der Waals surface area contributed by atoms with Crippen LogP contribution in [0.25, 0.3) is 0 Å². The molecule has 0 aromatic rings. The summed E-state index contributed by atoms with van der Waals surface area (Å²) in [4.78, 5) is 9.00. The van der Waals surface area contributed by atoms with Crippen LogP contribution in [0, 0.1) is 0 Å². The summed E-state index contributed by atoms with van der Waals surface area (Å²) < 4.78 is 0. The van der Waals surface area contributed by atoms with Crippen molar-refractivity contribution < 1.29 is 9.90 Å². The normalized spacial score (nSPS) is 9.91. The SMILES string of the molecule is C=CCCCCCCCCCCCCCCCC.CC(=O)O. The topological polar surface area (TPSA) is 37.3 Å². The number of carbonyl (C=O) groups is 1. The largest absolute Gasteiger partial charge is 0.481 e. The second-order valence-electron chi connectivity index (χ2n) is 6.19. The summed E-state index contributed by atoms with van der Waals surface area (Å²) in [5.41, 5.74) is 0. The van der Waals surface area contributed by atoms with Gasteiger partial charge in [-0.05, 0) is 12.8 Å². The molecule has 0 aliphatic heterocycles. The van der Waals surface area contributed by atoms with Crippen LogP contribution >= 0.6 is 0 Å². The Hall–Kier alpha value is -0.790. The molecule has 0 unspecified atom stereocenters. The molecule has 0 amide bonds. The Morgan fingerprint density at radius 2 is 1.05 bits per heavy atom. The highest BCUT2D eigenvalue weighted by Gasteiger charge is 1.93. The van der Waals surface area contributed by atoms with Crippen LogP contribution in [0.1, 0.15) is 110 Å². The Labute approximate surface area is 139 Å². The first kappa shape index (κ1) is 23.5. The molecule has 0 saturated heterocycles. The molecule has 0 heterocycles. The molecule has 2 heteroatoms. The highest BCUT2D eigenvalue weighted by Crippen LogP contribution is 2.13. The number of rotatable bonds is 15. The van der Waals surface area contributed by atoms with Gasteiger partial charge in [0, 0.05) is 6.92 Å². The third-order valence-corrected chi connectivity index (χ3v) is 3.76. The fourth-order valence-electron chi connectivity index (χ4n) is 2.48. The zero-order valence-corrected chi connectivity index (χ0v) is 15.2. The third kappa shape index (κ3) is 31.5. The third-order valence-electron chi connectivity index (χ3n) is 3.76. The predicted molar refractivity (Wildman–Crippen MR) is 98.4 cm³/mol. The zero-order valence-electron chi connectivity index (χ0n) is 15.2. The maximum absolute atomic E-state index is 9.00. The maximum Gasteiger partial charge on any atom is 0.300 e. The molecule has 0 aromatic carbocycles. The average molecular weight is 313 g/mol. The van der Waals surface area contributed by atoms with Crippen LogP contribution in [0.2, 0.25) is 0 Å². The van der Waals surface area contributed by atoms with Gasteiger partial charge in [-0.25, -0.2) is 0 Å². The van der Waals surface area contributed by atoms with E-state index < -0.39 is 5.97 Å². The molecule has 0 aliphatic carbocycles. The first-order valence-electron chi connectivity index (χ1n) is 9.45. The number of hydrogen-bond acceptors (Lipinski definition) is 1. The molecule has 0 rings (SSSR count). The Morgan fingerprint density at radius 1 is 0.773 bits per heavy atom. The van der Waals surface area contributed by atoms with Crippen LogP contribution < -0.4 is 0 Å². The van der Waals surface area contributed by atoms with Gasteiger partial charge in [0.2, 0.25) is 0 Å². The zero-order chi connectivity index (χ0) is 16.9. The highest BCUT2D eigenvalue weighted by atomic mass is 16.4. The van der Waals surface area contributed by atoms with Crippen LogP contribution in [-0.4, -0.2) is 11.1 Å². The van der Waals surface area contributed by atoms with E-state index in [0.717, 1.165) is 6.92 Å². The first-order chi connectivity index (χ1) is 10.6. The lowest BCUT2D eigenvalue weighted by Gasteiger charge is -2.02. The van der Waals surface area contributed by atoms with Crippen molar-refractivity contribution in [1.29, 1.82) is 0 Å². The van der Waals surface area contributed by atoms with Crippen LogP contribution in [0.5, 0.6) is 0 Å². The smallest absolute Gasteiger partial charge is 0.300 e. The van der Waals surface area contributed by atoms with E-state index in [9.17, 15) is 0 Å². The van der Waals surface area contributed by atoms with E-state index in [1.54, 1.807) is 0 Å². The van der Waals surface area contributed by atoms with Gasteiger partial charge in [-0.2, -0.15) is 0 Å². The van der Waals surface area contributed by atoms with Crippen molar-refractivity contribution in [2.24, 2.45) is 0 Å². The molecule has 0 bridgehead atoms. The van der Waals surface area contributed by atoms with E-state index in [-0.39, 0.29) is 0 Å². The van der Waals surface area contributed by atoms with Crippen molar-refractivity contribution in [3.05, 3.63) is 12.7 Å². The lowest BCUT2D eigenvalue weighted by atomic mass is 10.0. The molecule has 0 fully saturated rings. The van der Waals surface area contributed by atoms with Gasteiger partial charge in [0.05, 0.1) is 0 Å². The van der Waals surface area contributed by atoms with E-state index in [4.69, 9.17) is 9.90 Å². The second-order valence-corrected chi connectivity index (χ2v) is 6.19. The number of carboxylic acids is 1. The molecular formula is C20H40O2. The van der Waals surface area contributed by atoms with Crippen LogP contribution in [0.3, 0.4) is 0 Å². The number of aliphatic carboxylic acids is 1.